The summed E-state index contributed by atoms with van der Waals surface area (Å²) in [5.41, 5.74) is 10.1. The molecule has 3 aromatic rings. The second-order valence-electron chi connectivity index (χ2n) is 5.45. The van der Waals surface area contributed by atoms with Crippen LogP contribution in [-0.2, 0) is 0 Å². The van der Waals surface area contributed by atoms with Gasteiger partial charge in [0.1, 0.15) is 17.6 Å². The summed E-state index contributed by atoms with van der Waals surface area (Å²) in [5.74, 6) is 0.676. The molecule has 128 valence electrons. The number of aryl methyl sites for hydroxylation is 1. The lowest BCUT2D eigenvalue weighted by atomic mass is 10.1. The van der Waals surface area contributed by atoms with Crippen molar-refractivity contribution in [2.45, 2.75) is 13.5 Å². The van der Waals surface area contributed by atoms with Crippen LogP contribution in [-0.4, -0.2) is 11.6 Å². The molecule has 0 fully saturated rings. The summed E-state index contributed by atoms with van der Waals surface area (Å²) in [6, 6.07) is 12.0. The lowest BCUT2D eigenvalue weighted by Crippen LogP contribution is -2.12. The van der Waals surface area contributed by atoms with Gasteiger partial charge in [0.15, 0.2) is 0 Å². The Bertz CT molecular complexity index is 852. The third-order valence-electron chi connectivity index (χ3n) is 3.65. The topological polar surface area (TPSA) is 74.3 Å². The van der Waals surface area contributed by atoms with Gasteiger partial charge in [0.05, 0.1) is 6.20 Å². The van der Waals surface area contributed by atoms with Gasteiger partial charge in [-0.05, 0) is 36.2 Å². The first-order chi connectivity index (χ1) is 12.0. The third kappa shape index (κ3) is 4.20. The van der Waals surface area contributed by atoms with Crippen LogP contribution in [0.25, 0.3) is 11.1 Å². The molecule has 0 aliphatic rings. The molecular formula is C18H17F2N4O+. The van der Waals surface area contributed by atoms with Crippen LogP contribution in [0.3, 0.4) is 0 Å². The second kappa shape index (κ2) is 7.12. The van der Waals surface area contributed by atoms with E-state index in [2.05, 4.69) is 20.0 Å². The Morgan fingerprint density at radius 2 is 1.88 bits per heavy atom. The number of aromatic amines is 1. The van der Waals surface area contributed by atoms with Crippen molar-refractivity contribution in [2.24, 2.45) is 0 Å². The van der Waals surface area contributed by atoms with E-state index in [1.165, 1.54) is 12.1 Å². The molecule has 0 bridgehead atoms. The normalized spacial score (nSPS) is 10.7. The number of halogens is 2. The maximum Gasteiger partial charge on any atom is 0.394 e. The smallest absolute Gasteiger partial charge is 0.394 e. The van der Waals surface area contributed by atoms with Crippen molar-refractivity contribution in [1.29, 1.82) is 0 Å². The predicted molar refractivity (Wildman–Crippen MR) is 91.7 cm³/mol. The average molecular weight is 343 g/mol. The first kappa shape index (κ1) is 16.6. The molecule has 1 heterocycles. The molecule has 0 amide bonds. The molecule has 0 saturated carbocycles. The summed E-state index contributed by atoms with van der Waals surface area (Å²) in [7, 11) is 0. The molecule has 0 atom stereocenters. The number of ether oxygens (including phenoxy) is 1. The van der Waals surface area contributed by atoms with E-state index in [4.69, 9.17) is 5.73 Å². The number of rotatable bonds is 5. The summed E-state index contributed by atoms with van der Waals surface area (Å²) in [6.07, 6.45) is 3.45. The molecule has 0 radical (unpaired) electrons. The molecule has 0 saturated heterocycles. The molecule has 0 aliphatic carbocycles. The van der Waals surface area contributed by atoms with Crippen LogP contribution < -0.4 is 20.8 Å². The minimum atomic E-state index is -2.83. The SMILES string of the molecule is Cc1ccc(Nc2ncc(-c3ccc(OC(F)F)cc3)c[nH+]2)cc1N. The van der Waals surface area contributed by atoms with Crippen molar-refractivity contribution >= 4 is 17.3 Å². The fourth-order valence-corrected chi connectivity index (χ4v) is 2.26. The molecule has 0 aliphatic heterocycles. The van der Waals surface area contributed by atoms with Gasteiger partial charge in [0, 0.05) is 17.3 Å². The molecular weight excluding hydrogens is 326 g/mol. The molecule has 7 heteroatoms. The maximum atomic E-state index is 12.2. The van der Waals surface area contributed by atoms with Crippen LogP contribution in [0.15, 0.2) is 54.9 Å². The van der Waals surface area contributed by atoms with Gasteiger partial charge in [-0.1, -0.05) is 23.2 Å². The fraction of sp³-hybridized carbons (Fsp3) is 0.111. The van der Waals surface area contributed by atoms with Gasteiger partial charge in [-0.15, -0.1) is 0 Å². The molecule has 2 aromatic carbocycles. The monoisotopic (exact) mass is 343 g/mol. The van der Waals surface area contributed by atoms with Crippen molar-refractivity contribution < 1.29 is 18.5 Å². The highest BCUT2D eigenvalue weighted by Crippen LogP contribution is 2.23. The summed E-state index contributed by atoms with van der Waals surface area (Å²) in [5, 5.41) is 3.13. The summed E-state index contributed by atoms with van der Waals surface area (Å²) >= 11 is 0. The van der Waals surface area contributed by atoms with Crippen LogP contribution in [0.4, 0.5) is 26.1 Å². The van der Waals surface area contributed by atoms with Crippen molar-refractivity contribution in [3.63, 3.8) is 0 Å². The highest BCUT2D eigenvalue weighted by molar-refractivity contribution is 5.64. The van der Waals surface area contributed by atoms with Gasteiger partial charge >= 0.3 is 12.6 Å². The quantitative estimate of drug-likeness (QED) is 0.691. The van der Waals surface area contributed by atoms with E-state index in [9.17, 15) is 8.78 Å². The van der Waals surface area contributed by atoms with E-state index in [-0.39, 0.29) is 5.75 Å². The third-order valence-corrected chi connectivity index (χ3v) is 3.65. The molecule has 3 rings (SSSR count). The summed E-state index contributed by atoms with van der Waals surface area (Å²) < 4.78 is 28.7. The molecule has 0 spiro atoms. The number of aromatic nitrogens is 2. The van der Waals surface area contributed by atoms with E-state index in [1.54, 1.807) is 24.5 Å². The Hall–Kier alpha value is -3.22. The molecule has 0 unspecified atom stereocenters. The zero-order valence-corrected chi connectivity index (χ0v) is 13.5. The van der Waals surface area contributed by atoms with Gasteiger partial charge in [-0.25, -0.2) is 10.3 Å². The highest BCUT2D eigenvalue weighted by atomic mass is 19.3. The molecule has 4 N–H and O–H groups in total. The number of hydrogen-bond donors (Lipinski definition) is 2. The molecule has 5 nitrogen and oxygen atoms in total. The lowest BCUT2D eigenvalue weighted by Gasteiger charge is -2.05. The predicted octanol–water partition coefficient (Wildman–Crippen LogP) is 3.80. The number of nitrogens with one attached hydrogen (secondary N) is 2. The van der Waals surface area contributed by atoms with Crippen molar-refractivity contribution in [3.05, 3.63) is 60.4 Å². The highest BCUT2D eigenvalue weighted by Gasteiger charge is 2.09. The van der Waals surface area contributed by atoms with Crippen molar-refractivity contribution in [1.82, 2.24) is 4.98 Å². The Balaban J connectivity index is 1.72. The van der Waals surface area contributed by atoms with Gasteiger partial charge < -0.3 is 10.5 Å². The Labute approximate surface area is 143 Å². The van der Waals surface area contributed by atoms with E-state index in [1.807, 2.05) is 25.1 Å². The number of benzene rings is 2. The van der Waals surface area contributed by atoms with Crippen molar-refractivity contribution in [2.75, 3.05) is 11.1 Å². The van der Waals surface area contributed by atoms with Gasteiger partial charge in [0.25, 0.3) is 0 Å². The Morgan fingerprint density at radius 3 is 2.48 bits per heavy atom. The Morgan fingerprint density at radius 1 is 1.12 bits per heavy atom. The number of nitrogen functional groups attached to an aromatic ring is 1. The van der Waals surface area contributed by atoms with Gasteiger partial charge in [-0.3, -0.25) is 0 Å². The van der Waals surface area contributed by atoms with Crippen LogP contribution in [0.1, 0.15) is 5.56 Å². The molecule has 1 aromatic heterocycles. The average Bonchev–Trinajstić information content (AvgIpc) is 2.59. The fourth-order valence-electron chi connectivity index (χ4n) is 2.26. The van der Waals surface area contributed by atoms with Gasteiger partial charge in [0.2, 0.25) is 0 Å². The van der Waals surface area contributed by atoms with Crippen molar-refractivity contribution in [3.8, 4) is 16.9 Å². The molecule has 25 heavy (non-hydrogen) atoms. The first-order valence-corrected chi connectivity index (χ1v) is 7.57. The largest absolute Gasteiger partial charge is 0.435 e. The Kier molecular flexibility index (Phi) is 4.74. The second-order valence-corrected chi connectivity index (χ2v) is 5.45. The lowest BCUT2D eigenvalue weighted by molar-refractivity contribution is -0.363. The van der Waals surface area contributed by atoms with Crippen LogP contribution in [0, 0.1) is 6.92 Å². The van der Waals surface area contributed by atoms with E-state index in [0.29, 0.717) is 11.6 Å². The number of hydrogen-bond acceptors (Lipinski definition) is 4. The van der Waals surface area contributed by atoms with E-state index >= 15 is 0 Å². The van der Waals surface area contributed by atoms with E-state index < -0.39 is 6.61 Å². The number of H-pyrrole nitrogens is 1. The number of nitrogens with two attached hydrogens (primary N) is 1. The van der Waals surface area contributed by atoms with Gasteiger partial charge in [-0.2, -0.15) is 8.78 Å². The zero-order valence-electron chi connectivity index (χ0n) is 13.5. The van der Waals surface area contributed by atoms with E-state index in [0.717, 1.165) is 22.4 Å². The minimum absolute atomic E-state index is 0.117. The summed E-state index contributed by atoms with van der Waals surface area (Å²) in [4.78, 5) is 7.37. The number of nitrogens with zero attached hydrogens (tertiary/aromatic N) is 1. The number of alkyl halides is 2. The van der Waals surface area contributed by atoms with Crippen LogP contribution in [0.5, 0.6) is 5.75 Å². The van der Waals surface area contributed by atoms with Crippen LogP contribution in [0.2, 0.25) is 0 Å². The first-order valence-electron chi connectivity index (χ1n) is 7.57. The minimum Gasteiger partial charge on any atom is -0.435 e. The zero-order chi connectivity index (χ0) is 17.8. The summed E-state index contributed by atoms with van der Waals surface area (Å²) in [6.45, 7) is -0.891. The number of anilines is 3. The standard InChI is InChI=1S/C18H16F2N4O/c1-11-2-5-14(8-16(11)21)24-18-22-9-13(10-23-18)12-3-6-15(7-4-12)25-17(19)20/h2-10,17H,21H2,1H3,(H,22,23,24)/p+1. The maximum absolute atomic E-state index is 12.2. The van der Waals surface area contributed by atoms with Crippen LogP contribution >= 0.6 is 0 Å².